The Morgan fingerprint density at radius 3 is 1.32 bits per heavy atom. The molecule has 38 heavy (non-hydrogen) atoms. The van der Waals surface area contributed by atoms with Crippen LogP contribution in [0.4, 0.5) is 22.7 Å². The second kappa shape index (κ2) is 12.9. The predicted molar refractivity (Wildman–Crippen MR) is 140 cm³/mol. The summed E-state index contributed by atoms with van der Waals surface area (Å²) >= 11 is 0. The van der Waals surface area contributed by atoms with Gasteiger partial charge in [0, 0.05) is 0 Å². The molecule has 0 aliphatic heterocycles. The quantitative estimate of drug-likeness (QED) is 0.275. The molecular formula is C28H28N2O8. The molecule has 0 saturated carbocycles. The molecular weight excluding hydrogens is 492 g/mol. The lowest BCUT2D eigenvalue weighted by Crippen LogP contribution is -2.15. The van der Waals surface area contributed by atoms with Crippen molar-refractivity contribution in [2.45, 2.75) is 13.8 Å². The van der Waals surface area contributed by atoms with E-state index in [1.54, 1.807) is 62.4 Å². The van der Waals surface area contributed by atoms with Crippen LogP contribution in [0.15, 0.2) is 60.7 Å². The molecule has 0 saturated heterocycles. The number of methoxy groups -OCH3 is 2. The highest BCUT2D eigenvalue weighted by Crippen LogP contribution is 2.33. The van der Waals surface area contributed by atoms with Crippen LogP contribution < -0.4 is 10.6 Å². The van der Waals surface area contributed by atoms with Gasteiger partial charge in [-0.2, -0.15) is 0 Å². The molecule has 0 amide bonds. The Kier molecular flexibility index (Phi) is 9.42. The number of hydrogen-bond acceptors (Lipinski definition) is 10. The van der Waals surface area contributed by atoms with E-state index in [0.717, 1.165) is 0 Å². The molecule has 0 atom stereocenters. The summed E-state index contributed by atoms with van der Waals surface area (Å²) in [4.78, 5) is 50.5. The van der Waals surface area contributed by atoms with E-state index in [2.05, 4.69) is 10.6 Å². The number of rotatable bonds is 10. The molecule has 2 N–H and O–H groups in total. The van der Waals surface area contributed by atoms with Crippen LogP contribution >= 0.6 is 0 Å². The Hall–Kier alpha value is -4.86. The lowest BCUT2D eigenvalue weighted by molar-refractivity contribution is 0.0523. The zero-order chi connectivity index (χ0) is 27.7. The summed E-state index contributed by atoms with van der Waals surface area (Å²) in [5.74, 6) is -2.56. The number of hydrogen-bond donors (Lipinski definition) is 2. The van der Waals surface area contributed by atoms with Crippen molar-refractivity contribution in [2.75, 3.05) is 38.1 Å². The summed E-state index contributed by atoms with van der Waals surface area (Å²) in [5, 5.41) is 6.17. The highest BCUT2D eigenvalue weighted by Gasteiger charge is 2.24. The Labute approximate surface area is 219 Å². The number of anilines is 4. The number of ether oxygens (including phenoxy) is 4. The summed E-state index contributed by atoms with van der Waals surface area (Å²) in [6, 6.07) is 16.0. The largest absolute Gasteiger partial charge is 0.465 e. The molecule has 3 rings (SSSR count). The fourth-order valence-corrected chi connectivity index (χ4v) is 3.61. The second-order valence-corrected chi connectivity index (χ2v) is 7.71. The predicted octanol–water partition coefficient (Wildman–Crippen LogP) is 5.10. The Morgan fingerprint density at radius 2 is 0.947 bits per heavy atom. The van der Waals surface area contributed by atoms with Gasteiger partial charge in [-0.05, 0) is 50.2 Å². The van der Waals surface area contributed by atoms with E-state index in [-0.39, 0.29) is 46.8 Å². The number of carbonyl (C=O) groups is 4. The number of benzene rings is 3. The van der Waals surface area contributed by atoms with Crippen LogP contribution in [0.3, 0.4) is 0 Å². The van der Waals surface area contributed by atoms with Gasteiger partial charge in [0.1, 0.15) is 0 Å². The molecule has 0 aliphatic rings. The third-order valence-corrected chi connectivity index (χ3v) is 5.35. The van der Waals surface area contributed by atoms with E-state index < -0.39 is 23.9 Å². The molecule has 0 unspecified atom stereocenters. The van der Waals surface area contributed by atoms with Crippen molar-refractivity contribution in [1.29, 1.82) is 0 Å². The van der Waals surface area contributed by atoms with E-state index in [1.165, 1.54) is 26.4 Å². The molecule has 0 fully saturated rings. The van der Waals surface area contributed by atoms with Gasteiger partial charge in [-0.15, -0.1) is 0 Å². The van der Waals surface area contributed by atoms with Crippen molar-refractivity contribution >= 4 is 46.6 Å². The van der Waals surface area contributed by atoms with Gasteiger partial charge >= 0.3 is 23.9 Å². The van der Waals surface area contributed by atoms with Crippen LogP contribution in [0, 0.1) is 0 Å². The molecule has 3 aromatic carbocycles. The van der Waals surface area contributed by atoms with Gasteiger partial charge in [-0.3, -0.25) is 0 Å². The lowest BCUT2D eigenvalue weighted by Gasteiger charge is -2.19. The summed E-state index contributed by atoms with van der Waals surface area (Å²) in [7, 11) is 2.52. The fraction of sp³-hybridized carbons (Fsp3) is 0.214. The van der Waals surface area contributed by atoms with Crippen molar-refractivity contribution in [3.05, 3.63) is 82.9 Å². The SMILES string of the molecule is CCOC(=O)c1cc(C(=O)OCC)c(Nc2ccccc2C(=O)OC)cc1Nc1ccccc1C(=O)OC. The minimum Gasteiger partial charge on any atom is -0.465 e. The molecule has 0 spiro atoms. The summed E-state index contributed by atoms with van der Waals surface area (Å²) in [5.41, 5.74) is 1.68. The van der Waals surface area contributed by atoms with Crippen molar-refractivity contribution in [2.24, 2.45) is 0 Å². The third kappa shape index (κ3) is 6.28. The van der Waals surface area contributed by atoms with Gasteiger partial charge in [0.05, 0.1) is 72.4 Å². The van der Waals surface area contributed by atoms with Crippen molar-refractivity contribution in [3.8, 4) is 0 Å². The molecule has 198 valence electrons. The minimum atomic E-state index is -0.697. The highest BCUT2D eigenvalue weighted by molar-refractivity contribution is 6.06. The van der Waals surface area contributed by atoms with E-state index in [0.29, 0.717) is 11.4 Å². The van der Waals surface area contributed by atoms with Crippen LogP contribution in [-0.2, 0) is 18.9 Å². The van der Waals surface area contributed by atoms with Gasteiger partial charge in [0.25, 0.3) is 0 Å². The maximum Gasteiger partial charge on any atom is 0.340 e. The molecule has 0 heterocycles. The van der Waals surface area contributed by atoms with E-state index in [9.17, 15) is 19.2 Å². The smallest absolute Gasteiger partial charge is 0.340 e. The van der Waals surface area contributed by atoms with Crippen molar-refractivity contribution in [1.82, 2.24) is 0 Å². The van der Waals surface area contributed by atoms with Gasteiger partial charge < -0.3 is 29.6 Å². The first-order chi connectivity index (χ1) is 18.3. The lowest BCUT2D eigenvalue weighted by atomic mass is 10.0. The number of carbonyl (C=O) groups excluding carboxylic acids is 4. The average Bonchev–Trinajstić information content (AvgIpc) is 2.93. The molecule has 0 bridgehead atoms. The normalized spacial score (nSPS) is 10.2. The summed E-state index contributed by atoms with van der Waals surface area (Å²) in [6.45, 7) is 3.50. The second-order valence-electron chi connectivity index (χ2n) is 7.71. The van der Waals surface area contributed by atoms with Crippen molar-refractivity contribution in [3.63, 3.8) is 0 Å². The number of nitrogens with one attached hydrogen (secondary N) is 2. The molecule has 3 aromatic rings. The van der Waals surface area contributed by atoms with Gasteiger partial charge in [-0.25, -0.2) is 19.2 Å². The molecule has 0 aromatic heterocycles. The topological polar surface area (TPSA) is 129 Å². The van der Waals surface area contributed by atoms with Gasteiger partial charge in [-0.1, -0.05) is 24.3 Å². The summed E-state index contributed by atoms with van der Waals surface area (Å²) in [6.07, 6.45) is 0. The van der Waals surface area contributed by atoms with Crippen LogP contribution in [0.1, 0.15) is 55.3 Å². The summed E-state index contributed by atoms with van der Waals surface area (Å²) < 4.78 is 20.2. The van der Waals surface area contributed by atoms with Crippen LogP contribution in [0.2, 0.25) is 0 Å². The Bertz CT molecular complexity index is 1250. The van der Waals surface area contributed by atoms with Gasteiger partial charge in [0.15, 0.2) is 0 Å². The first-order valence-corrected chi connectivity index (χ1v) is 11.8. The average molecular weight is 521 g/mol. The minimum absolute atomic E-state index is 0.0291. The zero-order valence-electron chi connectivity index (χ0n) is 21.5. The van der Waals surface area contributed by atoms with E-state index in [4.69, 9.17) is 18.9 Å². The Balaban J connectivity index is 2.22. The first-order valence-electron chi connectivity index (χ1n) is 11.8. The molecule has 10 heteroatoms. The first kappa shape index (κ1) is 27.7. The van der Waals surface area contributed by atoms with Crippen LogP contribution in [0.25, 0.3) is 0 Å². The van der Waals surface area contributed by atoms with Crippen molar-refractivity contribution < 1.29 is 38.1 Å². The Morgan fingerprint density at radius 1 is 0.553 bits per heavy atom. The number of esters is 4. The fourth-order valence-electron chi connectivity index (χ4n) is 3.61. The number of para-hydroxylation sites is 2. The molecule has 0 aliphatic carbocycles. The zero-order valence-corrected chi connectivity index (χ0v) is 21.5. The standard InChI is InChI=1S/C28H28N2O8/c1-5-37-27(33)19-15-20(28(34)38-6-2)24(30-22-14-10-8-12-18(22)26(32)36-4)16-23(19)29-21-13-9-7-11-17(21)25(31)35-3/h7-16,29-30H,5-6H2,1-4H3. The van der Waals surface area contributed by atoms with E-state index in [1.807, 2.05) is 0 Å². The molecule has 10 nitrogen and oxygen atoms in total. The third-order valence-electron chi connectivity index (χ3n) is 5.35. The van der Waals surface area contributed by atoms with Gasteiger partial charge in [0.2, 0.25) is 0 Å². The van der Waals surface area contributed by atoms with Crippen LogP contribution in [-0.4, -0.2) is 51.3 Å². The van der Waals surface area contributed by atoms with E-state index >= 15 is 0 Å². The molecule has 0 radical (unpaired) electrons. The monoisotopic (exact) mass is 520 g/mol. The van der Waals surface area contributed by atoms with Crippen LogP contribution in [0.5, 0.6) is 0 Å². The maximum atomic E-state index is 12.9. The highest BCUT2D eigenvalue weighted by atomic mass is 16.5. The maximum absolute atomic E-state index is 12.9.